The molecule has 1 rings (SSSR count). The van der Waals surface area contributed by atoms with E-state index in [1.807, 2.05) is 0 Å². The van der Waals surface area contributed by atoms with Crippen LogP contribution in [0.5, 0.6) is 0 Å². The maximum atomic E-state index is 11.4. The summed E-state index contributed by atoms with van der Waals surface area (Å²) >= 11 is 0. The van der Waals surface area contributed by atoms with Crippen LogP contribution in [-0.2, 0) is 42.9 Å². The van der Waals surface area contributed by atoms with Gasteiger partial charge in [-0.15, -0.1) is 0 Å². The van der Waals surface area contributed by atoms with Gasteiger partial charge in [0.25, 0.3) is 0 Å². The lowest BCUT2D eigenvalue weighted by molar-refractivity contribution is -0.299. The second-order valence-electron chi connectivity index (χ2n) is 5.06. The molecule has 0 aromatic heterocycles. The molecular formula is C14H20O10. The van der Waals surface area contributed by atoms with Crippen LogP contribution in [0, 0.1) is 0 Å². The maximum absolute atomic E-state index is 11.4. The summed E-state index contributed by atoms with van der Waals surface area (Å²) in [4.78, 5) is 45.3. The molecule has 0 spiro atoms. The molecule has 0 amide bonds. The van der Waals surface area contributed by atoms with Crippen molar-refractivity contribution in [3.8, 4) is 0 Å². The predicted molar refractivity (Wildman–Crippen MR) is 74.2 cm³/mol. The number of esters is 4. The summed E-state index contributed by atoms with van der Waals surface area (Å²) in [6.45, 7) is 3.77. The van der Waals surface area contributed by atoms with E-state index in [4.69, 9.17) is 23.7 Å². The van der Waals surface area contributed by atoms with Gasteiger partial charge in [0.15, 0.2) is 12.2 Å². The van der Waals surface area contributed by atoms with E-state index in [2.05, 4.69) is 0 Å². The van der Waals surface area contributed by atoms with Gasteiger partial charge in [-0.1, -0.05) is 0 Å². The predicted octanol–water partition coefficient (Wildman–Crippen LogP) is -0.938. The van der Waals surface area contributed by atoms with E-state index >= 15 is 0 Å². The zero-order valence-corrected chi connectivity index (χ0v) is 13.7. The molecule has 1 aliphatic rings. The van der Waals surface area contributed by atoms with Gasteiger partial charge in [-0.2, -0.15) is 0 Å². The van der Waals surface area contributed by atoms with Crippen LogP contribution in [0.1, 0.15) is 27.7 Å². The van der Waals surface area contributed by atoms with E-state index in [1.165, 1.54) is 0 Å². The molecule has 1 heterocycles. The lowest BCUT2D eigenvalue weighted by Crippen LogP contribution is -2.62. The van der Waals surface area contributed by atoms with Gasteiger partial charge in [0.1, 0.15) is 6.10 Å². The molecule has 136 valence electrons. The molecule has 0 bridgehead atoms. The van der Waals surface area contributed by atoms with Crippen LogP contribution in [-0.4, -0.2) is 66.3 Å². The third kappa shape index (κ3) is 5.46. The highest BCUT2D eigenvalue weighted by atomic mass is 16.7. The Morgan fingerprint density at radius 3 is 1.58 bits per heavy atom. The largest absolute Gasteiger partial charge is 0.456 e. The van der Waals surface area contributed by atoms with Crippen molar-refractivity contribution in [1.82, 2.24) is 0 Å². The second kappa shape index (κ2) is 8.60. The van der Waals surface area contributed by atoms with Crippen LogP contribution in [0.15, 0.2) is 0 Å². The molecule has 1 saturated heterocycles. The molecule has 5 atom stereocenters. The van der Waals surface area contributed by atoms with Crippen LogP contribution in [0.3, 0.4) is 0 Å². The van der Waals surface area contributed by atoms with Crippen molar-refractivity contribution in [3.05, 3.63) is 0 Å². The van der Waals surface area contributed by atoms with Gasteiger partial charge in [-0.05, 0) is 0 Å². The lowest BCUT2D eigenvalue weighted by atomic mass is 9.98. The maximum Gasteiger partial charge on any atom is 0.305 e. The van der Waals surface area contributed by atoms with E-state index in [0.29, 0.717) is 0 Å². The molecule has 0 aromatic rings. The first-order valence-electron chi connectivity index (χ1n) is 7.11. The Bertz CT molecular complexity index is 502. The number of carbonyl (C=O) groups excluding carboxylic acids is 4. The molecule has 0 aromatic carbocycles. The Morgan fingerprint density at radius 2 is 1.17 bits per heavy atom. The number of aliphatic hydroxyl groups excluding tert-OH is 1. The van der Waals surface area contributed by atoms with Gasteiger partial charge < -0.3 is 28.8 Å². The summed E-state index contributed by atoms with van der Waals surface area (Å²) in [6, 6.07) is 0. The van der Waals surface area contributed by atoms with Crippen LogP contribution in [0.2, 0.25) is 0 Å². The number of aliphatic hydroxyl groups is 1. The highest BCUT2D eigenvalue weighted by Gasteiger charge is 2.53. The Kier molecular flexibility index (Phi) is 7.11. The van der Waals surface area contributed by atoms with Gasteiger partial charge in [-0.3, -0.25) is 19.2 Å². The normalized spacial score (nSPS) is 29.3. The van der Waals surface area contributed by atoms with E-state index in [1.54, 1.807) is 0 Å². The Hall–Kier alpha value is -2.20. The van der Waals surface area contributed by atoms with Crippen LogP contribution in [0.4, 0.5) is 0 Å². The molecule has 1 aliphatic heterocycles. The molecule has 2 unspecified atom stereocenters. The summed E-state index contributed by atoms with van der Waals surface area (Å²) in [6.07, 6.45) is -6.56. The van der Waals surface area contributed by atoms with E-state index in [9.17, 15) is 24.3 Å². The minimum absolute atomic E-state index is 0.625. The van der Waals surface area contributed by atoms with E-state index < -0.39 is 61.2 Å². The molecule has 10 nitrogen and oxygen atoms in total. The average molecular weight is 348 g/mol. The number of ether oxygens (including phenoxy) is 5. The molecule has 24 heavy (non-hydrogen) atoms. The molecule has 1 N–H and O–H groups in total. The summed E-state index contributed by atoms with van der Waals surface area (Å²) in [5.74, 6) is -3.00. The lowest BCUT2D eigenvalue weighted by Gasteiger charge is -2.43. The first-order valence-corrected chi connectivity index (χ1v) is 7.11. The average Bonchev–Trinajstić information content (AvgIpc) is 2.42. The second-order valence-corrected chi connectivity index (χ2v) is 5.06. The van der Waals surface area contributed by atoms with Crippen molar-refractivity contribution in [2.24, 2.45) is 0 Å². The van der Waals surface area contributed by atoms with Crippen molar-refractivity contribution >= 4 is 23.9 Å². The zero-order chi connectivity index (χ0) is 18.4. The smallest absolute Gasteiger partial charge is 0.305 e. The monoisotopic (exact) mass is 348 g/mol. The van der Waals surface area contributed by atoms with Crippen LogP contribution < -0.4 is 0 Å². The number of rotatable bonds is 5. The molecular weight excluding hydrogens is 328 g/mol. The van der Waals surface area contributed by atoms with Crippen molar-refractivity contribution < 1.29 is 48.0 Å². The van der Waals surface area contributed by atoms with Crippen LogP contribution in [0.25, 0.3) is 0 Å². The van der Waals surface area contributed by atoms with Gasteiger partial charge in [0, 0.05) is 27.7 Å². The fourth-order valence-corrected chi connectivity index (χ4v) is 2.26. The van der Waals surface area contributed by atoms with Crippen molar-refractivity contribution in [2.75, 3.05) is 6.61 Å². The summed E-state index contributed by atoms with van der Waals surface area (Å²) in [5, 5.41) is 9.44. The molecule has 1 fully saturated rings. The van der Waals surface area contributed by atoms with Gasteiger partial charge in [-0.25, -0.2) is 0 Å². The zero-order valence-electron chi connectivity index (χ0n) is 13.7. The fourth-order valence-electron chi connectivity index (χ4n) is 2.26. The first kappa shape index (κ1) is 19.8. The third-order valence-electron chi connectivity index (χ3n) is 2.96. The minimum atomic E-state index is -1.44. The molecule has 0 aliphatic carbocycles. The van der Waals surface area contributed by atoms with E-state index in [-0.39, 0.29) is 0 Å². The fraction of sp³-hybridized carbons (Fsp3) is 0.714. The van der Waals surface area contributed by atoms with Crippen molar-refractivity contribution in [2.45, 2.75) is 58.4 Å². The SMILES string of the molecule is CC(=O)OC1[C@H](OC(C)=O)OC(CO)[C@@H](OC(C)=O)[C@H]1OC(C)=O. The first-order chi connectivity index (χ1) is 11.1. The molecule has 0 radical (unpaired) electrons. The highest BCUT2D eigenvalue weighted by molar-refractivity contribution is 5.69. The highest BCUT2D eigenvalue weighted by Crippen LogP contribution is 2.29. The number of hydrogen-bond acceptors (Lipinski definition) is 10. The Balaban J connectivity index is 3.23. The molecule has 10 heteroatoms. The number of hydrogen-bond donors (Lipinski definition) is 1. The standard InChI is InChI=1S/C14H20O10/c1-6(16)20-11-10(5-15)24-14(23-9(4)19)13(22-8(3)18)12(11)21-7(2)17/h10-15H,5H2,1-4H3/t10?,11-,12-,13?,14-/m1/s1. The topological polar surface area (TPSA) is 135 Å². The quantitative estimate of drug-likeness (QED) is 0.490. The Labute approximate surface area is 137 Å². The molecule has 0 saturated carbocycles. The van der Waals surface area contributed by atoms with Crippen molar-refractivity contribution in [1.29, 1.82) is 0 Å². The third-order valence-corrected chi connectivity index (χ3v) is 2.96. The van der Waals surface area contributed by atoms with Gasteiger partial charge in [0.2, 0.25) is 12.4 Å². The minimum Gasteiger partial charge on any atom is -0.456 e. The summed E-state index contributed by atoms with van der Waals surface area (Å²) in [7, 11) is 0. The number of carbonyl (C=O) groups is 4. The summed E-state index contributed by atoms with van der Waals surface area (Å²) in [5.41, 5.74) is 0. The van der Waals surface area contributed by atoms with Crippen LogP contribution >= 0.6 is 0 Å². The van der Waals surface area contributed by atoms with Crippen molar-refractivity contribution in [3.63, 3.8) is 0 Å². The summed E-state index contributed by atoms with van der Waals surface area (Å²) < 4.78 is 25.4. The van der Waals surface area contributed by atoms with Gasteiger partial charge in [0.05, 0.1) is 6.61 Å². The Morgan fingerprint density at radius 1 is 0.750 bits per heavy atom. The van der Waals surface area contributed by atoms with Gasteiger partial charge >= 0.3 is 23.9 Å². The van der Waals surface area contributed by atoms with E-state index in [0.717, 1.165) is 27.7 Å².